The van der Waals surface area contributed by atoms with E-state index in [0.29, 0.717) is 11.9 Å². The molecule has 1 heterocycles. The van der Waals surface area contributed by atoms with E-state index in [0.717, 1.165) is 16.7 Å². The molecule has 1 aromatic carbocycles. The second kappa shape index (κ2) is 5.65. The monoisotopic (exact) mass is 271 g/mol. The van der Waals surface area contributed by atoms with Crippen molar-refractivity contribution in [2.75, 3.05) is 19.5 Å². The van der Waals surface area contributed by atoms with Crippen molar-refractivity contribution in [2.45, 2.75) is 38.0 Å². The van der Waals surface area contributed by atoms with E-state index < -0.39 is 0 Å². The highest BCUT2D eigenvalue weighted by atomic mass is 16.5. The molecule has 0 aliphatic heterocycles. The normalized spacial score (nSPS) is 16.3. The first-order valence-corrected chi connectivity index (χ1v) is 7.35. The molecule has 3 rings (SSSR count). The Kier molecular flexibility index (Phi) is 3.72. The Labute approximate surface area is 119 Å². The highest BCUT2D eigenvalue weighted by Gasteiger charge is 2.19. The zero-order chi connectivity index (χ0) is 13.9. The minimum absolute atomic E-state index is 0.636. The number of nitrogens with zero attached hydrogens (tertiary/aromatic N) is 2. The number of hydrogen-bond acceptors (Lipinski definition) is 4. The Hall–Kier alpha value is -1.84. The molecule has 0 spiro atoms. The number of aromatic nitrogens is 2. The molecule has 4 heteroatoms. The molecule has 106 valence electrons. The van der Waals surface area contributed by atoms with Gasteiger partial charge in [0.25, 0.3) is 0 Å². The zero-order valence-electron chi connectivity index (χ0n) is 12.1. The van der Waals surface area contributed by atoms with Crippen LogP contribution in [-0.2, 0) is 0 Å². The molecule has 20 heavy (non-hydrogen) atoms. The molecule has 1 aliphatic carbocycles. The van der Waals surface area contributed by atoms with E-state index in [9.17, 15) is 0 Å². The van der Waals surface area contributed by atoms with Crippen molar-refractivity contribution in [3.63, 3.8) is 0 Å². The van der Waals surface area contributed by atoms with Gasteiger partial charge in [0.1, 0.15) is 11.3 Å². The van der Waals surface area contributed by atoms with E-state index in [4.69, 9.17) is 4.74 Å². The van der Waals surface area contributed by atoms with Gasteiger partial charge in [0.15, 0.2) is 0 Å². The van der Waals surface area contributed by atoms with Crippen LogP contribution in [0.2, 0.25) is 0 Å². The van der Waals surface area contributed by atoms with Gasteiger partial charge in [-0.05, 0) is 30.4 Å². The lowest BCUT2D eigenvalue weighted by atomic mass is 9.83. The fourth-order valence-electron chi connectivity index (χ4n) is 3.17. The van der Waals surface area contributed by atoms with Crippen LogP contribution in [-0.4, -0.2) is 24.1 Å². The predicted octanol–water partition coefficient (Wildman–Crippen LogP) is 3.73. The third-order valence-corrected chi connectivity index (χ3v) is 4.24. The van der Waals surface area contributed by atoms with E-state index in [1.807, 2.05) is 19.3 Å². The third kappa shape index (κ3) is 2.30. The predicted molar refractivity (Wildman–Crippen MR) is 81.5 cm³/mol. The zero-order valence-corrected chi connectivity index (χ0v) is 12.1. The molecule has 1 N–H and O–H groups in total. The molecule has 2 aromatic rings. The summed E-state index contributed by atoms with van der Waals surface area (Å²) in [6.45, 7) is 0. The van der Waals surface area contributed by atoms with Gasteiger partial charge in [-0.2, -0.15) is 0 Å². The Morgan fingerprint density at radius 3 is 2.70 bits per heavy atom. The Balaban J connectivity index is 2.13. The lowest BCUT2D eigenvalue weighted by molar-refractivity contribution is 0.417. The molecule has 1 aromatic heterocycles. The number of hydrogen-bond donors (Lipinski definition) is 1. The molecule has 1 aliphatic rings. The maximum Gasteiger partial charge on any atom is 0.223 e. The molecule has 4 nitrogen and oxygen atoms in total. The summed E-state index contributed by atoms with van der Waals surface area (Å²) in [7, 11) is 3.52. The number of rotatable bonds is 3. The first kappa shape index (κ1) is 13.2. The number of nitrogens with one attached hydrogen (secondary N) is 1. The van der Waals surface area contributed by atoms with Crippen LogP contribution in [0.1, 0.15) is 43.6 Å². The summed E-state index contributed by atoms with van der Waals surface area (Å²) in [5.74, 6) is 2.09. The quantitative estimate of drug-likeness (QED) is 0.924. The maximum atomic E-state index is 5.45. The molecular formula is C16H21N3O. The highest BCUT2D eigenvalue weighted by Crippen LogP contribution is 2.38. The Morgan fingerprint density at radius 1 is 1.20 bits per heavy atom. The molecular weight excluding hydrogens is 250 g/mol. The minimum Gasteiger partial charge on any atom is -0.494 e. The van der Waals surface area contributed by atoms with Gasteiger partial charge >= 0.3 is 0 Å². The summed E-state index contributed by atoms with van der Waals surface area (Å²) in [4.78, 5) is 8.95. The SMILES string of the molecule is CNc1ncc2c(C3CCCCC3)ccc(OC)c2n1. The Morgan fingerprint density at radius 2 is 2.00 bits per heavy atom. The van der Waals surface area contributed by atoms with E-state index in [1.54, 1.807) is 7.11 Å². The summed E-state index contributed by atoms with van der Waals surface area (Å²) in [5.41, 5.74) is 2.29. The summed E-state index contributed by atoms with van der Waals surface area (Å²) >= 11 is 0. The van der Waals surface area contributed by atoms with Crippen LogP contribution in [0.25, 0.3) is 10.9 Å². The van der Waals surface area contributed by atoms with Crippen molar-refractivity contribution < 1.29 is 4.74 Å². The molecule has 1 saturated carbocycles. The highest BCUT2D eigenvalue weighted by molar-refractivity contribution is 5.88. The molecule has 0 unspecified atom stereocenters. The van der Waals surface area contributed by atoms with Crippen LogP contribution in [0.4, 0.5) is 5.95 Å². The van der Waals surface area contributed by atoms with Gasteiger partial charge in [0, 0.05) is 18.6 Å². The van der Waals surface area contributed by atoms with Crippen molar-refractivity contribution in [1.82, 2.24) is 9.97 Å². The molecule has 1 fully saturated rings. The van der Waals surface area contributed by atoms with Crippen molar-refractivity contribution in [1.29, 1.82) is 0 Å². The molecule has 0 amide bonds. The van der Waals surface area contributed by atoms with Crippen LogP contribution in [0, 0.1) is 0 Å². The van der Waals surface area contributed by atoms with Gasteiger partial charge in [-0.3, -0.25) is 0 Å². The Bertz CT molecular complexity index is 606. The fourth-order valence-corrected chi connectivity index (χ4v) is 3.17. The molecule has 0 radical (unpaired) electrons. The van der Waals surface area contributed by atoms with Crippen molar-refractivity contribution in [3.05, 3.63) is 23.9 Å². The van der Waals surface area contributed by atoms with Gasteiger partial charge < -0.3 is 10.1 Å². The van der Waals surface area contributed by atoms with Gasteiger partial charge in [0.2, 0.25) is 5.95 Å². The number of benzene rings is 1. The number of anilines is 1. The first-order chi connectivity index (χ1) is 9.83. The first-order valence-electron chi connectivity index (χ1n) is 7.35. The summed E-state index contributed by atoms with van der Waals surface area (Å²) in [5, 5.41) is 4.13. The van der Waals surface area contributed by atoms with Crippen LogP contribution in [0.5, 0.6) is 5.75 Å². The summed E-state index contributed by atoms with van der Waals surface area (Å²) < 4.78 is 5.45. The average molecular weight is 271 g/mol. The number of fused-ring (bicyclic) bond motifs is 1. The second-order valence-electron chi connectivity index (χ2n) is 5.40. The van der Waals surface area contributed by atoms with E-state index in [1.165, 1.54) is 37.7 Å². The van der Waals surface area contributed by atoms with Crippen molar-refractivity contribution in [2.24, 2.45) is 0 Å². The van der Waals surface area contributed by atoms with Gasteiger partial charge in [0.05, 0.1) is 7.11 Å². The van der Waals surface area contributed by atoms with Crippen LogP contribution in [0.3, 0.4) is 0 Å². The molecule has 0 bridgehead atoms. The third-order valence-electron chi connectivity index (χ3n) is 4.24. The summed E-state index contributed by atoms with van der Waals surface area (Å²) in [6.07, 6.45) is 8.50. The van der Waals surface area contributed by atoms with Crippen LogP contribution < -0.4 is 10.1 Å². The average Bonchev–Trinajstić information content (AvgIpc) is 2.54. The minimum atomic E-state index is 0.636. The van der Waals surface area contributed by atoms with Crippen LogP contribution in [0.15, 0.2) is 18.3 Å². The topological polar surface area (TPSA) is 47.0 Å². The van der Waals surface area contributed by atoms with E-state index in [-0.39, 0.29) is 0 Å². The number of ether oxygens (including phenoxy) is 1. The maximum absolute atomic E-state index is 5.45. The second-order valence-corrected chi connectivity index (χ2v) is 5.40. The van der Waals surface area contributed by atoms with E-state index in [2.05, 4.69) is 21.4 Å². The number of methoxy groups -OCH3 is 1. The molecule has 0 saturated heterocycles. The summed E-state index contributed by atoms with van der Waals surface area (Å²) in [6, 6.07) is 4.23. The van der Waals surface area contributed by atoms with Gasteiger partial charge in [-0.15, -0.1) is 0 Å². The lowest BCUT2D eigenvalue weighted by Crippen LogP contribution is -2.06. The van der Waals surface area contributed by atoms with Gasteiger partial charge in [-0.1, -0.05) is 25.3 Å². The van der Waals surface area contributed by atoms with E-state index >= 15 is 0 Å². The van der Waals surface area contributed by atoms with Gasteiger partial charge in [-0.25, -0.2) is 9.97 Å². The van der Waals surface area contributed by atoms with Crippen LogP contribution >= 0.6 is 0 Å². The fraction of sp³-hybridized carbons (Fsp3) is 0.500. The molecule has 0 atom stereocenters. The lowest BCUT2D eigenvalue weighted by Gasteiger charge is -2.23. The smallest absolute Gasteiger partial charge is 0.223 e. The largest absolute Gasteiger partial charge is 0.494 e. The van der Waals surface area contributed by atoms with Crippen molar-refractivity contribution >= 4 is 16.9 Å². The van der Waals surface area contributed by atoms with Crippen molar-refractivity contribution in [3.8, 4) is 5.75 Å². The standard InChI is InChI=1S/C16H21N3O/c1-17-16-18-10-13-12(11-6-4-3-5-7-11)8-9-14(20-2)15(13)19-16/h8-11H,3-7H2,1-2H3,(H,17,18,19).